The van der Waals surface area contributed by atoms with E-state index in [1.165, 1.54) is 5.56 Å². The van der Waals surface area contributed by atoms with Gasteiger partial charge in [-0.2, -0.15) is 0 Å². The SMILES string of the molecule is O=C1NC2CC(Cl)CCC2C(c2ccccc2)C1N1CCOCC1. The molecule has 130 valence electrons. The molecular weight excluding hydrogens is 324 g/mol. The molecule has 1 aromatic rings. The highest BCUT2D eigenvalue weighted by molar-refractivity contribution is 6.20. The lowest BCUT2D eigenvalue weighted by Gasteiger charge is -2.50. The molecule has 1 amide bonds. The zero-order valence-electron chi connectivity index (χ0n) is 13.9. The molecule has 2 saturated heterocycles. The van der Waals surface area contributed by atoms with Gasteiger partial charge < -0.3 is 10.1 Å². The zero-order chi connectivity index (χ0) is 16.5. The van der Waals surface area contributed by atoms with Gasteiger partial charge in [-0.25, -0.2) is 0 Å². The Hall–Kier alpha value is -1.10. The number of halogens is 1. The molecule has 1 saturated carbocycles. The first-order valence-electron chi connectivity index (χ1n) is 9.05. The van der Waals surface area contributed by atoms with Crippen LogP contribution >= 0.6 is 11.6 Å². The third-order valence-electron chi connectivity index (χ3n) is 5.86. The zero-order valence-corrected chi connectivity index (χ0v) is 14.6. The van der Waals surface area contributed by atoms with Crippen LogP contribution in [0.15, 0.2) is 30.3 Å². The molecule has 4 rings (SSSR count). The fraction of sp³-hybridized carbons (Fsp3) is 0.632. The minimum absolute atomic E-state index is 0.0931. The Morgan fingerprint density at radius 3 is 2.62 bits per heavy atom. The van der Waals surface area contributed by atoms with Crippen molar-refractivity contribution in [3.63, 3.8) is 0 Å². The first-order chi connectivity index (χ1) is 11.7. The Bertz CT molecular complexity index is 576. The molecule has 2 heterocycles. The van der Waals surface area contributed by atoms with E-state index in [-0.39, 0.29) is 29.3 Å². The Morgan fingerprint density at radius 2 is 1.88 bits per heavy atom. The number of morpholine rings is 1. The summed E-state index contributed by atoms with van der Waals surface area (Å²) < 4.78 is 5.50. The standard InChI is InChI=1S/C19H25ClN2O2/c20-14-6-7-15-16(12-14)21-19(23)18(22-8-10-24-11-9-22)17(15)13-4-2-1-3-5-13/h1-5,14-18H,6-12H2,(H,21,23). The van der Waals surface area contributed by atoms with Crippen LogP contribution in [-0.2, 0) is 9.53 Å². The summed E-state index contributed by atoms with van der Waals surface area (Å²) in [5, 5.41) is 3.47. The van der Waals surface area contributed by atoms with E-state index >= 15 is 0 Å². The Labute approximate surface area is 148 Å². The number of benzene rings is 1. The molecule has 0 bridgehead atoms. The van der Waals surface area contributed by atoms with Gasteiger partial charge >= 0.3 is 0 Å². The molecule has 0 spiro atoms. The van der Waals surface area contributed by atoms with Crippen LogP contribution in [0.2, 0.25) is 0 Å². The van der Waals surface area contributed by atoms with Gasteiger partial charge in [-0.1, -0.05) is 30.3 Å². The van der Waals surface area contributed by atoms with Gasteiger partial charge in [0.25, 0.3) is 0 Å². The van der Waals surface area contributed by atoms with E-state index in [0.717, 1.165) is 32.4 Å². The highest BCUT2D eigenvalue weighted by atomic mass is 35.5. The van der Waals surface area contributed by atoms with Crippen LogP contribution in [-0.4, -0.2) is 54.6 Å². The second-order valence-electron chi connectivity index (χ2n) is 7.22. The topological polar surface area (TPSA) is 41.6 Å². The lowest BCUT2D eigenvalue weighted by molar-refractivity contribution is -0.135. The number of hydrogen-bond donors (Lipinski definition) is 1. The predicted octanol–water partition coefficient (Wildman–Crippen LogP) is 2.38. The summed E-state index contributed by atoms with van der Waals surface area (Å²) in [5.74, 6) is 0.873. The minimum Gasteiger partial charge on any atom is -0.379 e. The molecule has 2 aliphatic heterocycles. The van der Waals surface area contributed by atoms with E-state index in [4.69, 9.17) is 16.3 Å². The molecule has 1 aromatic carbocycles. The van der Waals surface area contributed by atoms with Gasteiger partial charge in [0.2, 0.25) is 5.91 Å². The molecule has 0 radical (unpaired) electrons. The molecule has 3 fully saturated rings. The third-order valence-corrected chi connectivity index (χ3v) is 6.26. The molecule has 0 aromatic heterocycles. The van der Waals surface area contributed by atoms with Crippen LogP contribution in [0.25, 0.3) is 0 Å². The normalized spacial score (nSPS) is 37.5. The molecule has 5 heteroatoms. The molecule has 3 aliphatic rings. The first-order valence-corrected chi connectivity index (χ1v) is 9.49. The number of hydrogen-bond acceptors (Lipinski definition) is 3. The number of amides is 1. The lowest BCUT2D eigenvalue weighted by atomic mass is 9.67. The number of ether oxygens (including phenoxy) is 1. The summed E-state index contributed by atoms with van der Waals surface area (Å²) in [6.45, 7) is 3.08. The summed E-state index contributed by atoms with van der Waals surface area (Å²) in [6.07, 6.45) is 3.01. The van der Waals surface area contributed by atoms with E-state index in [2.05, 4.69) is 34.5 Å². The molecule has 4 nitrogen and oxygen atoms in total. The number of carbonyl (C=O) groups is 1. The second kappa shape index (κ2) is 7.03. The van der Waals surface area contributed by atoms with Gasteiger partial charge in [-0.3, -0.25) is 9.69 Å². The van der Waals surface area contributed by atoms with Gasteiger partial charge in [-0.05, 0) is 30.7 Å². The summed E-state index contributed by atoms with van der Waals surface area (Å²) in [7, 11) is 0. The molecular formula is C19H25ClN2O2. The van der Waals surface area contributed by atoms with Gasteiger partial charge in [0, 0.05) is 30.4 Å². The summed E-state index contributed by atoms with van der Waals surface area (Å²) in [4.78, 5) is 15.3. The van der Waals surface area contributed by atoms with E-state index in [9.17, 15) is 4.79 Å². The fourth-order valence-corrected chi connectivity index (χ4v) is 5.08. The van der Waals surface area contributed by atoms with Crippen molar-refractivity contribution >= 4 is 17.5 Å². The minimum atomic E-state index is -0.0931. The van der Waals surface area contributed by atoms with Crippen LogP contribution in [0.5, 0.6) is 0 Å². The smallest absolute Gasteiger partial charge is 0.238 e. The van der Waals surface area contributed by atoms with Crippen LogP contribution in [0.4, 0.5) is 0 Å². The molecule has 1 N–H and O–H groups in total. The lowest BCUT2D eigenvalue weighted by Crippen LogP contribution is -2.64. The summed E-state index contributed by atoms with van der Waals surface area (Å²) in [5.41, 5.74) is 1.28. The fourth-order valence-electron chi connectivity index (χ4n) is 4.76. The molecule has 24 heavy (non-hydrogen) atoms. The van der Waals surface area contributed by atoms with Gasteiger partial charge in [0.15, 0.2) is 0 Å². The average molecular weight is 349 g/mol. The maximum atomic E-state index is 13.0. The highest BCUT2D eigenvalue weighted by Crippen LogP contribution is 2.43. The number of rotatable bonds is 2. The van der Waals surface area contributed by atoms with Crippen LogP contribution in [0.3, 0.4) is 0 Å². The summed E-state index contributed by atoms with van der Waals surface area (Å²) >= 11 is 6.38. The van der Waals surface area contributed by atoms with E-state index in [1.807, 2.05) is 6.07 Å². The first kappa shape index (κ1) is 16.4. The van der Waals surface area contributed by atoms with Crippen molar-refractivity contribution < 1.29 is 9.53 Å². The average Bonchev–Trinajstić information content (AvgIpc) is 2.62. The number of alkyl halides is 1. The predicted molar refractivity (Wildman–Crippen MR) is 94.3 cm³/mol. The van der Waals surface area contributed by atoms with E-state index < -0.39 is 0 Å². The van der Waals surface area contributed by atoms with Gasteiger partial charge in [0.1, 0.15) is 0 Å². The largest absolute Gasteiger partial charge is 0.379 e. The Morgan fingerprint density at radius 1 is 1.12 bits per heavy atom. The van der Waals surface area contributed by atoms with E-state index in [1.54, 1.807) is 0 Å². The number of fused-ring (bicyclic) bond motifs is 1. The number of nitrogens with zero attached hydrogens (tertiary/aromatic N) is 1. The van der Waals surface area contributed by atoms with Gasteiger partial charge in [0.05, 0.1) is 19.3 Å². The van der Waals surface area contributed by atoms with Crippen molar-refractivity contribution in [2.45, 2.75) is 42.6 Å². The van der Waals surface area contributed by atoms with Crippen molar-refractivity contribution in [1.82, 2.24) is 10.2 Å². The van der Waals surface area contributed by atoms with Crippen LogP contribution in [0.1, 0.15) is 30.7 Å². The Kier molecular flexibility index (Phi) is 4.79. The maximum absolute atomic E-state index is 13.0. The van der Waals surface area contributed by atoms with Gasteiger partial charge in [-0.15, -0.1) is 11.6 Å². The molecule has 5 unspecified atom stereocenters. The van der Waals surface area contributed by atoms with Crippen molar-refractivity contribution in [2.75, 3.05) is 26.3 Å². The third kappa shape index (κ3) is 3.07. The highest BCUT2D eigenvalue weighted by Gasteiger charge is 2.48. The Balaban J connectivity index is 1.69. The van der Waals surface area contributed by atoms with Crippen molar-refractivity contribution in [1.29, 1.82) is 0 Å². The van der Waals surface area contributed by atoms with Crippen molar-refractivity contribution in [3.8, 4) is 0 Å². The quantitative estimate of drug-likeness (QED) is 0.834. The maximum Gasteiger partial charge on any atom is 0.238 e. The second-order valence-corrected chi connectivity index (χ2v) is 7.84. The number of carbonyl (C=O) groups excluding carboxylic acids is 1. The van der Waals surface area contributed by atoms with Crippen LogP contribution < -0.4 is 5.32 Å². The monoisotopic (exact) mass is 348 g/mol. The van der Waals surface area contributed by atoms with Crippen molar-refractivity contribution in [3.05, 3.63) is 35.9 Å². The van der Waals surface area contributed by atoms with E-state index in [0.29, 0.717) is 19.1 Å². The van der Waals surface area contributed by atoms with Crippen LogP contribution in [0, 0.1) is 5.92 Å². The molecule has 5 atom stereocenters. The number of piperidine rings is 1. The van der Waals surface area contributed by atoms with Crippen molar-refractivity contribution in [2.24, 2.45) is 5.92 Å². The summed E-state index contributed by atoms with van der Waals surface area (Å²) in [6, 6.07) is 10.7. The number of nitrogens with one attached hydrogen (secondary N) is 1. The molecule has 1 aliphatic carbocycles.